The Bertz CT molecular complexity index is 612. The first-order chi connectivity index (χ1) is 9.30. The SMILES string of the molecule is COC(C)(C)CNS(=O)(=O)c1cccc(C#CCO)c1. The van der Waals surface area contributed by atoms with Gasteiger partial charge in [-0.1, -0.05) is 17.9 Å². The summed E-state index contributed by atoms with van der Waals surface area (Å²) < 4.78 is 32.0. The van der Waals surface area contributed by atoms with Crippen molar-refractivity contribution >= 4 is 10.0 Å². The normalized spacial score (nSPS) is 11.8. The molecule has 0 unspecified atom stereocenters. The van der Waals surface area contributed by atoms with Gasteiger partial charge in [0.15, 0.2) is 0 Å². The number of sulfonamides is 1. The summed E-state index contributed by atoms with van der Waals surface area (Å²) in [6.07, 6.45) is 0. The van der Waals surface area contributed by atoms with Gasteiger partial charge in [0.1, 0.15) is 6.61 Å². The van der Waals surface area contributed by atoms with Gasteiger partial charge in [-0.05, 0) is 32.0 Å². The molecule has 1 rings (SSSR count). The minimum Gasteiger partial charge on any atom is -0.384 e. The van der Waals surface area contributed by atoms with Crippen LogP contribution in [0, 0.1) is 11.8 Å². The highest BCUT2D eigenvalue weighted by Gasteiger charge is 2.21. The molecule has 0 aromatic heterocycles. The summed E-state index contributed by atoms with van der Waals surface area (Å²) in [5.41, 5.74) is -0.0469. The van der Waals surface area contributed by atoms with Gasteiger partial charge in [0.25, 0.3) is 0 Å². The van der Waals surface area contributed by atoms with Crippen LogP contribution < -0.4 is 4.72 Å². The van der Waals surface area contributed by atoms with Crippen LogP contribution in [0.4, 0.5) is 0 Å². The van der Waals surface area contributed by atoms with Gasteiger partial charge in [-0.25, -0.2) is 13.1 Å². The first kappa shape index (κ1) is 16.7. The second kappa shape index (κ2) is 6.86. The molecular formula is C14H19NO4S. The van der Waals surface area contributed by atoms with Crippen LogP contribution in [-0.2, 0) is 14.8 Å². The largest absolute Gasteiger partial charge is 0.384 e. The molecule has 0 saturated heterocycles. The molecule has 0 bridgehead atoms. The number of hydrogen-bond donors (Lipinski definition) is 2. The van der Waals surface area contributed by atoms with Crippen molar-refractivity contribution in [2.75, 3.05) is 20.3 Å². The number of rotatable bonds is 5. The van der Waals surface area contributed by atoms with Crippen molar-refractivity contribution in [2.45, 2.75) is 24.3 Å². The Kier molecular flexibility index (Phi) is 5.72. The number of ether oxygens (including phenoxy) is 1. The van der Waals surface area contributed by atoms with E-state index in [0.717, 1.165) is 0 Å². The summed E-state index contributed by atoms with van der Waals surface area (Å²) in [6, 6.07) is 6.25. The maximum absolute atomic E-state index is 12.2. The third kappa shape index (κ3) is 4.94. The second-order valence-corrected chi connectivity index (χ2v) is 6.54. The van der Waals surface area contributed by atoms with Crippen molar-refractivity contribution in [3.63, 3.8) is 0 Å². The van der Waals surface area contributed by atoms with Gasteiger partial charge < -0.3 is 9.84 Å². The minimum atomic E-state index is -3.61. The van der Waals surface area contributed by atoms with E-state index in [1.54, 1.807) is 26.0 Å². The molecule has 1 aromatic carbocycles. The van der Waals surface area contributed by atoms with Gasteiger partial charge in [0.2, 0.25) is 10.0 Å². The lowest BCUT2D eigenvalue weighted by atomic mass is 10.1. The molecule has 5 nitrogen and oxygen atoms in total. The molecule has 2 N–H and O–H groups in total. The smallest absolute Gasteiger partial charge is 0.240 e. The van der Waals surface area contributed by atoms with E-state index in [9.17, 15) is 8.42 Å². The molecule has 6 heteroatoms. The molecule has 0 heterocycles. The monoisotopic (exact) mass is 297 g/mol. The Morgan fingerprint density at radius 1 is 1.40 bits per heavy atom. The van der Waals surface area contributed by atoms with Crippen LogP contribution in [0.5, 0.6) is 0 Å². The second-order valence-electron chi connectivity index (χ2n) is 4.78. The number of aliphatic hydroxyl groups is 1. The van der Waals surface area contributed by atoms with E-state index in [-0.39, 0.29) is 18.0 Å². The van der Waals surface area contributed by atoms with Crippen LogP contribution in [0.25, 0.3) is 0 Å². The lowest BCUT2D eigenvalue weighted by molar-refractivity contribution is 0.0276. The minimum absolute atomic E-state index is 0.133. The van der Waals surface area contributed by atoms with Crippen LogP contribution in [0.15, 0.2) is 29.2 Å². The molecule has 0 aliphatic rings. The fourth-order valence-electron chi connectivity index (χ4n) is 1.31. The number of hydrogen-bond acceptors (Lipinski definition) is 4. The fourth-order valence-corrected chi connectivity index (χ4v) is 2.55. The summed E-state index contributed by atoms with van der Waals surface area (Å²) in [7, 11) is -2.08. The Morgan fingerprint density at radius 3 is 2.70 bits per heavy atom. The van der Waals surface area contributed by atoms with Crippen LogP contribution >= 0.6 is 0 Å². The van der Waals surface area contributed by atoms with Gasteiger partial charge >= 0.3 is 0 Å². The molecular weight excluding hydrogens is 278 g/mol. The molecule has 0 spiro atoms. The average Bonchev–Trinajstić information content (AvgIpc) is 2.43. The molecule has 0 aliphatic heterocycles. The summed E-state index contributed by atoms with van der Waals surface area (Å²) in [6.45, 7) is 3.48. The lowest BCUT2D eigenvalue weighted by Crippen LogP contribution is -2.39. The van der Waals surface area contributed by atoms with Gasteiger partial charge in [0, 0.05) is 19.2 Å². The summed E-state index contributed by atoms with van der Waals surface area (Å²) >= 11 is 0. The van der Waals surface area contributed by atoms with Crippen molar-refractivity contribution in [3.8, 4) is 11.8 Å². The third-order valence-electron chi connectivity index (χ3n) is 2.70. The summed E-state index contributed by atoms with van der Waals surface area (Å²) in [4.78, 5) is 0.133. The van der Waals surface area contributed by atoms with E-state index in [2.05, 4.69) is 16.6 Å². The Morgan fingerprint density at radius 2 is 2.10 bits per heavy atom. The highest BCUT2D eigenvalue weighted by Crippen LogP contribution is 2.13. The van der Waals surface area contributed by atoms with E-state index >= 15 is 0 Å². The molecule has 1 aromatic rings. The lowest BCUT2D eigenvalue weighted by Gasteiger charge is -2.23. The number of benzene rings is 1. The molecule has 110 valence electrons. The number of aliphatic hydroxyl groups excluding tert-OH is 1. The zero-order chi connectivity index (χ0) is 15.2. The van der Waals surface area contributed by atoms with Crippen molar-refractivity contribution < 1.29 is 18.3 Å². The van der Waals surface area contributed by atoms with Crippen molar-refractivity contribution in [1.29, 1.82) is 0 Å². The van der Waals surface area contributed by atoms with Gasteiger partial charge in [-0.3, -0.25) is 0 Å². The molecule has 0 atom stereocenters. The van der Waals surface area contributed by atoms with Gasteiger partial charge in [-0.2, -0.15) is 0 Å². The maximum atomic E-state index is 12.2. The fraction of sp³-hybridized carbons (Fsp3) is 0.429. The number of nitrogens with one attached hydrogen (secondary N) is 1. The molecule has 0 radical (unpaired) electrons. The van der Waals surface area contributed by atoms with Crippen LogP contribution in [0.3, 0.4) is 0 Å². The van der Waals surface area contributed by atoms with Crippen LogP contribution in [-0.4, -0.2) is 39.4 Å². The van der Waals surface area contributed by atoms with Gasteiger partial charge in [0.05, 0.1) is 10.5 Å². The zero-order valence-electron chi connectivity index (χ0n) is 11.8. The average molecular weight is 297 g/mol. The predicted molar refractivity (Wildman–Crippen MR) is 76.7 cm³/mol. The Labute approximate surface area is 120 Å². The summed E-state index contributed by atoms with van der Waals surface area (Å²) in [5, 5.41) is 8.64. The van der Waals surface area contributed by atoms with E-state index in [1.807, 2.05) is 0 Å². The third-order valence-corrected chi connectivity index (χ3v) is 4.10. The highest BCUT2D eigenvalue weighted by molar-refractivity contribution is 7.89. The van der Waals surface area contributed by atoms with E-state index in [1.165, 1.54) is 19.2 Å². The molecule has 20 heavy (non-hydrogen) atoms. The molecule has 0 fully saturated rings. The number of methoxy groups -OCH3 is 1. The van der Waals surface area contributed by atoms with Crippen LogP contribution in [0.1, 0.15) is 19.4 Å². The van der Waals surface area contributed by atoms with E-state index in [4.69, 9.17) is 9.84 Å². The van der Waals surface area contributed by atoms with Crippen molar-refractivity contribution in [3.05, 3.63) is 29.8 Å². The molecule has 0 aliphatic carbocycles. The van der Waals surface area contributed by atoms with E-state index < -0.39 is 15.6 Å². The molecule has 0 saturated carbocycles. The summed E-state index contributed by atoms with van der Waals surface area (Å²) in [5.74, 6) is 5.15. The topological polar surface area (TPSA) is 75.6 Å². The maximum Gasteiger partial charge on any atom is 0.240 e. The van der Waals surface area contributed by atoms with Crippen molar-refractivity contribution in [2.24, 2.45) is 0 Å². The zero-order valence-corrected chi connectivity index (χ0v) is 12.6. The standard InChI is InChI=1S/C14H19NO4S/c1-14(2,19-3)11-15-20(17,18)13-8-4-6-12(10-13)7-5-9-16/h4,6,8,10,15-16H,9,11H2,1-3H3. The Balaban J connectivity index is 2.93. The highest BCUT2D eigenvalue weighted by atomic mass is 32.2. The van der Waals surface area contributed by atoms with Gasteiger partial charge in [-0.15, -0.1) is 0 Å². The Hall–Kier alpha value is -1.39. The first-order valence-corrected chi connectivity index (χ1v) is 7.54. The first-order valence-electron chi connectivity index (χ1n) is 6.05. The quantitative estimate of drug-likeness (QED) is 0.786. The van der Waals surface area contributed by atoms with Crippen molar-refractivity contribution in [1.82, 2.24) is 4.72 Å². The van der Waals surface area contributed by atoms with Crippen LogP contribution in [0.2, 0.25) is 0 Å². The van der Waals surface area contributed by atoms with E-state index in [0.29, 0.717) is 5.56 Å². The predicted octanol–water partition coefficient (Wildman–Crippen LogP) is 0.734. The molecule has 0 amide bonds.